The fourth-order valence-electron chi connectivity index (χ4n) is 3.24. The van der Waals surface area contributed by atoms with E-state index in [9.17, 15) is 9.59 Å². The van der Waals surface area contributed by atoms with Crippen LogP contribution in [0.5, 0.6) is 0 Å². The number of hydrogen-bond acceptors (Lipinski definition) is 5. The Balaban J connectivity index is 1.69. The van der Waals surface area contributed by atoms with Crippen molar-refractivity contribution < 1.29 is 14.8 Å². The third kappa shape index (κ3) is 4.17. The first-order valence-electron chi connectivity index (χ1n) is 8.75. The summed E-state index contributed by atoms with van der Waals surface area (Å²) in [5, 5.41) is 12.9. The third-order valence-electron chi connectivity index (χ3n) is 4.59. The van der Waals surface area contributed by atoms with Gasteiger partial charge in [-0.25, -0.2) is 5.48 Å². The van der Waals surface area contributed by atoms with E-state index in [1.807, 2.05) is 36.1 Å². The molecule has 1 aromatic carbocycles. The molecular weight excluding hydrogens is 346 g/mol. The average Bonchev–Trinajstić information content (AvgIpc) is 3.04. The van der Waals surface area contributed by atoms with E-state index in [-0.39, 0.29) is 5.91 Å². The van der Waals surface area contributed by atoms with Crippen LogP contribution in [0.25, 0.3) is 6.08 Å². The van der Waals surface area contributed by atoms with E-state index in [1.165, 1.54) is 6.08 Å². The topological polar surface area (TPSA) is 90.7 Å². The van der Waals surface area contributed by atoms with Crippen LogP contribution < -0.4 is 10.4 Å². The number of hydroxylamine groups is 1. The minimum atomic E-state index is -0.577. The normalized spacial score (nSPS) is 14.6. The van der Waals surface area contributed by atoms with Crippen LogP contribution in [0, 0.1) is 6.92 Å². The van der Waals surface area contributed by atoms with Gasteiger partial charge in [0.2, 0.25) is 0 Å². The van der Waals surface area contributed by atoms with Gasteiger partial charge in [0.15, 0.2) is 0 Å². The summed E-state index contributed by atoms with van der Waals surface area (Å²) in [5.74, 6) is -0.586. The molecule has 1 saturated heterocycles. The summed E-state index contributed by atoms with van der Waals surface area (Å²) in [6.07, 6.45) is 2.94. The highest BCUT2D eigenvalue weighted by molar-refractivity contribution is 5.93. The molecule has 142 valence electrons. The number of benzene rings is 1. The summed E-state index contributed by atoms with van der Waals surface area (Å²) >= 11 is 0. The van der Waals surface area contributed by atoms with Crippen LogP contribution >= 0.6 is 0 Å². The molecule has 1 fully saturated rings. The molecule has 3 rings (SSSR count). The summed E-state index contributed by atoms with van der Waals surface area (Å²) in [4.78, 5) is 28.0. The number of piperazine rings is 1. The third-order valence-corrected chi connectivity index (χ3v) is 4.59. The molecular formula is C19H23N5O3. The van der Waals surface area contributed by atoms with Gasteiger partial charge in [-0.1, -0.05) is 18.2 Å². The Labute approximate surface area is 157 Å². The average molecular weight is 369 g/mol. The Bertz CT molecular complexity index is 866. The maximum Gasteiger partial charge on any atom is 0.272 e. The van der Waals surface area contributed by atoms with E-state index < -0.39 is 5.91 Å². The van der Waals surface area contributed by atoms with E-state index >= 15 is 0 Å². The first-order valence-corrected chi connectivity index (χ1v) is 8.75. The lowest BCUT2D eigenvalue weighted by Gasteiger charge is -2.36. The highest BCUT2D eigenvalue weighted by atomic mass is 16.5. The molecule has 2 amide bonds. The van der Waals surface area contributed by atoms with Crippen molar-refractivity contribution >= 4 is 23.6 Å². The molecule has 0 radical (unpaired) electrons. The fourth-order valence-corrected chi connectivity index (χ4v) is 3.24. The molecule has 0 atom stereocenters. The van der Waals surface area contributed by atoms with Gasteiger partial charge in [0.05, 0.1) is 5.69 Å². The van der Waals surface area contributed by atoms with Crippen LogP contribution in [0.15, 0.2) is 36.4 Å². The standard InChI is InChI=1S/C19H23N5O3/c1-14-13-17(22(2)20-14)19(26)24-11-9-23(10-12-24)16-6-4-3-5-15(16)7-8-18(25)21-27/h3-8,13,27H,9-12H2,1-2H3,(H,21,25). The number of anilines is 1. The lowest BCUT2D eigenvalue weighted by atomic mass is 10.1. The second-order valence-electron chi connectivity index (χ2n) is 6.44. The minimum Gasteiger partial charge on any atom is -0.367 e. The van der Waals surface area contributed by atoms with Crippen molar-refractivity contribution in [2.45, 2.75) is 6.92 Å². The number of nitrogens with zero attached hydrogens (tertiary/aromatic N) is 4. The van der Waals surface area contributed by atoms with Crippen molar-refractivity contribution in [1.82, 2.24) is 20.2 Å². The van der Waals surface area contributed by atoms with Crippen molar-refractivity contribution in [2.24, 2.45) is 7.05 Å². The first-order chi connectivity index (χ1) is 13.0. The highest BCUT2D eigenvalue weighted by Crippen LogP contribution is 2.23. The molecule has 1 aliphatic rings. The predicted octanol–water partition coefficient (Wildman–Crippen LogP) is 1.21. The smallest absolute Gasteiger partial charge is 0.272 e. The molecule has 2 heterocycles. The molecule has 1 aromatic heterocycles. The number of nitrogens with one attached hydrogen (secondary N) is 1. The van der Waals surface area contributed by atoms with Crippen LogP contribution in [0.1, 0.15) is 21.7 Å². The molecule has 8 nitrogen and oxygen atoms in total. The van der Waals surface area contributed by atoms with Crippen molar-refractivity contribution in [3.05, 3.63) is 53.4 Å². The summed E-state index contributed by atoms with van der Waals surface area (Å²) in [7, 11) is 1.78. The molecule has 0 unspecified atom stereocenters. The van der Waals surface area contributed by atoms with Crippen molar-refractivity contribution in [2.75, 3.05) is 31.1 Å². The zero-order valence-corrected chi connectivity index (χ0v) is 15.4. The van der Waals surface area contributed by atoms with Gasteiger partial charge in [-0.15, -0.1) is 0 Å². The maximum atomic E-state index is 12.7. The van der Waals surface area contributed by atoms with Gasteiger partial charge in [-0.3, -0.25) is 19.5 Å². The highest BCUT2D eigenvalue weighted by Gasteiger charge is 2.25. The maximum absolute atomic E-state index is 12.7. The quantitative estimate of drug-likeness (QED) is 0.480. The van der Waals surface area contributed by atoms with Gasteiger partial charge < -0.3 is 9.80 Å². The van der Waals surface area contributed by atoms with Crippen molar-refractivity contribution in [1.29, 1.82) is 0 Å². The Hall–Kier alpha value is -3.13. The van der Waals surface area contributed by atoms with E-state index in [2.05, 4.69) is 10.00 Å². The molecule has 0 spiro atoms. The van der Waals surface area contributed by atoms with Gasteiger partial charge in [0.1, 0.15) is 5.69 Å². The molecule has 2 aromatic rings. The number of aryl methyl sites for hydroxylation is 2. The fraction of sp³-hybridized carbons (Fsp3) is 0.316. The minimum absolute atomic E-state index is 0.00875. The number of carbonyl (C=O) groups is 2. The monoisotopic (exact) mass is 369 g/mol. The molecule has 27 heavy (non-hydrogen) atoms. The first kappa shape index (κ1) is 18.7. The molecule has 8 heteroatoms. The molecule has 0 bridgehead atoms. The summed E-state index contributed by atoms with van der Waals surface area (Å²) in [5.41, 5.74) is 4.87. The zero-order valence-electron chi connectivity index (χ0n) is 15.4. The van der Waals surface area contributed by atoms with Gasteiger partial charge in [-0.05, 0) is 30.7 Å². The Morgan fingerprint density at radius 2 is 1.89 bits per heavy atom. The second kappa shape index (κ2) is 8.05. The summed E-state index contributed by atoms with van der Waals surface area (Å²) in [6, 6.07) is 9.53. The lowest BCUT2D eigenvalue weighted by Crippen LogP contribution is -2.49. The number of para-hydroxylation sites is 1. The van der Waals surface area contributed by atoms with Crippen LogP contribution in [0.3, 0.4) is 0 Å². The molecule has 0 aliphatic carbocycles. The number of carbonyl (C=O) groups excluding carboxylic acids is 2. The van der Waals surface area contributed by atoms with Gasteiger partial charge in [0, 0.05) is 45.0 Å². The number of amides is 2. The van der Waals surface area contributed by atoms with Crippen LogP contribution in [0.2, 0.25) is 0 Å². The predicted molar refractivity (Wildman–Crippen MR) is 101 cm³/mol. The number of aromatic nitrogens is 2. The molecule has 2 N–H and O–H groups in total. The van der Waals surface area contributed by atoms with Gasteiger partial charge in [0.25, 0.3) is 11.8 Å². The van der Waals surface area contributed by atoms with Crippen LogP contribution in [-0.4, -0.2) is 57.9 Å². The largest absolute Gasteiger partial charge is 0.367 e. The number of rotatable bonds is 4. The van der Waals surface area contributed by atoms with Crippen molar-refractivity contribution in [3.8, 4) is 0 Å². The van der Waals surface area contributed by atoms with E-state index in [0.717, 1.165) is 16.9 Å². The molecule has 0 saturated carbocycles. The zero-order chi connectivity index (χ0) is 19.4. The van der Waals surface area contributed by atoms with Crippen LogP contribution in [-0.2, 0) is 11.8 Å². The summed E-state index contributed by atoms with van der Waals surface area (Å²) < 4.78 is 1.62. The number of hydrogen-bond donors (Lipinski definition) is 2. The van der Waals surface area contributed by atoms with Gasteiger partial charge in [-0.2, -0.15) is 5.10 Å². The Morgan fingerprint density at radius 1 is 1.19 bits per heavy atom. The SMILES string of the molecule is Cc1cc(C(=O)N2CCN(c3ccccc3C=CC(=O)NO)CC2)n(C)n1. The Morgan fingerprint density at radius 3 is 2.52 bits per heavy atom. The van der Waals surface area contributed by atoms with Gasteiger partial charge >= 0.3 is 0 Å². The van der Waals surface area contributed by atoms with Crippen molar-refractivity contribution in [3.63, 3.8) is 0 Å². The summed E-state index contributed by atoms with van der Waals surface area (Å²) in [6.45, 7) is 4.48. The van der Waals surface area contributed by atoms with E-state index in [1.54, 1.807) is 29.4 Å². The Kier molecular flexibility index (Phi) is 5.56. The second-order valence-corrected chi connectivity index (χ2v) is 6.44. The lowest BCUT2D eigenvalue weighted by molar-refractivity contribution is -0.124. The van der Waals surface area contributed by atoms with Crippen LogP contribution in [0.4, 0.5) is 5.69 Å². The van der Waals surface area contributed by atoms with E-state index in [0.29, 0.717) is 31.9 Å². The van der Waals surface area contributed by atoms with E-state index in [4.69, 9.17) is 5.21 Å². The molecule has 1 aliphatic heterocycles.